The molecule has 2 aromatic rings. The summed E-state index contributed by atoms with van der Waals surface area (Å²) in [6, 6.07) is 14.0. The molecule has 2 nitrogen and oxygen atoms in total. The van der Waals surface area contributed by atoms with Gasteiger partial charge in [-0.15, -0.1) is 0 Å². The van der Waals surface area contributed by atoms with Gasteiger partial charge in [0, 0.05) is 21.1 Å². The molecule has 0 N–H and O–H groups in total. The molecule has 2 rings (SSSR count). The van der Waals surface area contributed by atoms with Crippen LogP contribution in [0.2, 0.25) is 0 Å². The van der Waals surface area contributed by atoms with E-state index in [2.05, 4.69) is 57.6 Å². The molecule has 0 saturated carbocycles. The topological polar surface area (TPSA) is 20.3 Å². The van der Waals surface area contributed by atoms with Gasteiger partial charge in [-0.2, -0.15) is 0 Å². The summed E-state index contributed by atoms with van der Waals surface area (Å²) < 4.78 is 1.90. The summed E-state index contributed by atoms with van der Waals surface area (Å²) in [5, 5.41) is 0. The standard InChI is InChI=1S/C17H17BrINO/c1-3-20(11-13-7-5-4-6-12(13)2)17(21)15-10-14(18)8-9-16(15)19/h4-10H,3,11H2,1-2H3. The van der Waals surface area contributed by atoms with Crippen molar-refractivity contribution in [1.29, 1.82) is 0 Å². The zero-order chi connectivity index (χ0) is 15.4. The maximum absolute atomic E-state index is 12.8. The van der Waals surface area contributed by atoms with Gasteiger partial charge in [-0.1, -0.05) is 40.2 Å². The Bertz CT molecular complexity index is 657. The van der Waals surface area contributed by atoms with Crippen LogP contribution < -0.4 is 0 Å². The first-order valence-electron chi connectivity index (χ1n) is 6.81. The van der Waals surface area contributed by atoms with Crippen LogP contribution in [0.25, 0.3) is 0 Å². The highest BCUT2D eigenvalue weighted by Crippen LogP contribution is 2.21. The number of aryl methyl sites for hydroxylation is 1. The van der Waals surface area contributed by atoms with Crippen molar-refractivity contribution >= 4 is 44.4 Å². The van der Waals surface area contributed by atoms with Crippen LogP contribution in [0.4, 0.5) is 0 Å². The first-order valence-corrected chi connectivity index (χ1v) is 8.69. The van der Waals surface area contributed by atoms with E-state index in [9.17, 15) is 4.79 Å². The minimum atomic E-state index is 0.0754. The van der Waals surface area contributed by atoms with E-state index >= 15 is 0 Å². The monoisotopic (exact) mass is 457 g/mol. The summed E-state index contributed by atoms with van der Waals surface area (Å²) in [4.78, 5) is 14.6. The van der Waals surface area contributed by atoms with E-state index in [1.54, 1.807) is 0 Å². The molecule has 0 heterocycles. The van der Waals surface area contributed by atoms with Gasteiger partial charge in [0.25, 0.3) is 5.91 Å². The molecular weight excluding hydrogens is 441 g/mol. The predicted octanol–water partition coefficient (Wildman–Crippen LogP) is 5.02. The van der Waals surface area contributed by atoms with Gasteiger partial charge in [0.05, 0.1) is 5.56 Å². The summed E-state index contributed by atoms with van der Waals surface area (Å²) in [7, 11) is 0. The SMILES string of the molecule is CCN(Cc1ccccc1C)C(=O)c1cc(Br)ccc1I. The summed E-state index contributed by atoms with van der Waals surface area (Å²) in [6.45, 7) is 5.43. The van der Waals surface area contributed by atoms with Crippen LogP contribution in [0.5, 0.6) is 0 Å². The van der Waals surface area contributed by atoms with Crippen molar-refractivity contribution in [3.63, 3.8) is 0 Å². The van der Waals surface area contributed by atoms with Gasteiger partial charge in [-0.3, -0.25) is 4.79 Å². The van der Waals surface area contributed by atoms with Gasteiger partial charge in [0.1, 0.15) is 0 Å². The Kier molecular flexibility index (Phi) is 5.81. The number of rotatable bonds is 4. The van der Waals surface area contributed by atoms with Crippen molar-refractivity contribution in [3.8, 4) is 0 Å². The largest absolute Gasteiger partial charge is 0.335 e. The number of nitrogens with zero attached hydrogens (tertiary/aromatic N) is 1. The highest BCUT2D eigenvalue weighted by atomic mass is 127. The van der Waals surface area contributed by atoms with Crippen molar-refractivity contribution in [2.75, 3.05) is 6.54 Å². The van der Waals surface area contributed by atoms with Crippen LogP contribution >= 0.6 is 38.5 Å². The number of carbonyl (C=O) groups is 1. The number of halogens is 2. The van der Waals surface area contributed by atoms with Crippen LogP contribution in [-0.4, -0.2) is 17.4 Å². The molecule has 0 bridgehead atoms. The second-order valence-corrected chi connectivity index (χ2v) is 6.95. The lowest BCUT2D eigenvalue weighted by molar-refractivity contribution is 0.0751. The van der Waals surface area contributed by atoms with Crippen LogP contribution in [0, 0.1) is 10.5 Å². The number of hydrogen-bond acceptors (Lipinski definition) is 1. The molecule has 0 unspecified atom stereocenters. The Morgan fingerprint density at radius 3 is 2.62 bits per heavy atom. The number of carbonyl (C=O) groups excluding carboxylic acids is 1. The molecular formula is C17H17BrINO. The molecule has 21 heavy (non-hydrogen) atoms. The van der Waals surface area contributed by atoms with Crippen LogP contribution in [-0.2, 0) is 6.54 Å². The molecule has 2 aromatic carbocycles. The first-order chi connectivity index (χ1) is 10.0. The lowest BCUT2D eigenvalue weighted by atomic mass is 10.1. The molecule has 1 amide bonds. The van der Waals surface area contributed by atoms with E-state index in [1.165, 1.54) is 11.1 Å². The van der Waals surface area contributed by atoms with Crippen molar-refractivity contribution in [2.24, 2.45) is 0 Å². The first kappa shape index (κ1) is 16.5. The Labute approximate surface area is 147 Å². The molecule has 0 aromatic heterocycles. The second-order valence-electron chi connectivity index (χ2n) is 4.87. The number of hydrogen-bond donors (Lipinski definition) is 0. The highest BCUT2D eigenvalue weighted by Gasteiger charge is 2.18. The Morgan fingerprint density at radius 1 is 1.24 bits per heavy atom. The quantitative estimate of drug-likeness (QED) is 0.590. The van der Waals surface area contributed by atoms with E-state index in [0.717, 1.165) is 13.6 Å². The third-order valence-corrected chi connectivity index (χ3v) is 4.88. The Morgan fingerprint density at radius 2 is 1.95 bits per heavy atom. The molecule has 0 spiro atoms. The van der Waals surface area contributed by atoms with Gasteiger partial charge >= 0.3 is 0 Å². The van der Waals surface area contributed by atoms with Gasteiger partial charge in [-0.05, 0) is 65.8 Å². The van der Waals surface area contributed by atoms with Gasteiger partial charge < -0.3 is 4.90 Å². The van der Waals surface area contributed by atoms with Crippen molar-refractivity contribution in [2.45, 2.75) is 20.4 Å². The minimum Gasteiger partial charge on any atom is -0.335 e. The maximum Gasteiger partial charge on any atom is 0.255 e. The lowest BCUT2D eigenvalue weighted by Crippen LogP contribution is -2.31. The third kappa shape index (κ3) is 4.07. The molecule has 0 aliphatic heterocycles. The molecule has 0 saturated heterocycles. The van der Waals surface area contributed by atoms with Crippen molar-refractivity contribution < 1.29 is 4.79 Å². The number of amides is 1. The molecule has 4 heteroatoms. The van der Waals surface area contributed by atoms with Crippen LogP contribution in [0.15, 0.2) is 46.9 Å². The normalized spacial score (nSPS) is 10.5. The van der Waals surface area contributed by atoms with E-state index in [0.29, 0.717) is 13.1 Å². The van der Waals surface area contributed by atoms with Crippen molar-refractivity contribution in [1.82, 2.24) is 4.90 Å². The fourth-order valence-corrected chi connectivity index (χ4v) is 3.08. The van der Waals surface area contributed by atoms with Gasteiger partial charge in [0.15, 0.2) is 0 Å². The van der Waals surface area contributed by atoms with Crippen molar-refractivity contribution in [3.05, 3.63) is 67.2 Å². The third-order valence-electron chi connectivity index (χ3n) is 3.45. The molecule has 0 atom stereocenters. The average molecular weight is 458 g/mol. The van der Waals surface area contributed by atoms with Gasteiger partial charge in [-0.25, -0.2) is 0 Å². The van der Waals surface area contributed by atoms with Crippen LogP contribution in [0.1, 0.15) is 28.4 Å². The zero-order valence-corrected chi connectivity index (χ0v) is 15.8. The van der Waals surface area contributed by atoms with E-state index in [4.69, 9.17) is 0 Å². The average Bonchev–Trinajstić information content (AvgIpc) is 2.48. The maximum atomic E-state index is 12.8. The molecule has 0 aliphatic rings. The Hall–Kier alpha value is -0.880. The fourth-order valence-electron chi connectivity index (χ4n) is 2.15. The van der Waals surface area contributed by atoms with Gasteiger partial charge in [0.2, 0.25) is 0 Å². The zero-order valence-electron chi connectivity index (χ0n) is 12.1. The highest BCUT2D eigenvalue weighted by molar-refractivity contribution is 14.1. The van der Waals surface area contributed by atoms with E-state index in [-0.39, 0.29) is 5.91 Å². The molecule has 0 radical (unpaired) electrons. The number of benzene rings is 2. The van der Waals surface area contributed by atoms with Crippen LogP contribution in [0.3, 0.4) is 0 Å². The van der Waals surface area contributed by atoms with E-state index in [1.807, 2.05) is 42.2 Å². The molecule has 0 aliphatic carbocycles. The summed E-state index contributed by atoms with van der Waals surface area (Å²) in [5.41, 5.74) is 3.16. The summed E-state index contributed by atoms with van der Waals surface area (Å²) in [6.07, 6.45) is 0. The predicted molar refractivity (Wildman–Crippen MR) is 98.5 cm³/mol. The second kappa shape index (κ2) is 7.40. The smallest absolute Gasteiger partial charge is 0.255 e. The van der Waals surface area contributed by atoms with E-state index < -0.39 is 0 Å². The summed E-state index contributed by atoms with van der Waals surface area (Å²) in [5.74, 6) is 0.0754. The molecule has 0 fully saturated rings. The minimum absolute atomic E-state index is 0.0754. The molecule has 110 valence electrons. The Balaban J connectivity index is 2.27. The fraction of sp³-hybridized carbons (Fsp3) is 0.235. The summed E-state index contributed by atoms with van der Waals surface area (Å²) >= 11 is 5.65. The lowest BCUT2D eigenvalue weighted by Gasteiger charge is -2.22.